The summed E-state index contributed by atoms with van der Waals surface area (Å²) in [6, 6.07) is 13.1. The van der Waals surface area contributed by atoms with Crippen LogP contribution in [0.15, 0.2) is 53.9 Å². The fraction of sp³-hybridized carbons (Fsp3) is 0.333. The molecule has 0 unspecified atom stereocenters. The highest BCUT2D eigenvalue weighted by Crippen LogP contribution is 2.23. The van der Waals surface area contributed by atoms with Crippen molar-refractivity contribution in [3.05, 3.63) is 65.0 Å². The van der Waals surface area contributed by atoms with Crippen molar-refractivity contribution in [2.24, 2.45) is 0 Å². The number of carbonyl (C=O) groups is 2. The van der Waals surface area contributed by atoms with E-state index in [1.807, 2.05) is 30.3 Å². The molecule has 0 saturated heterocycles. The third-order valence-corrected chi connectivity index (χ3v) is 4.72. The van der Waals surface area contributed by atoms with Gasteiger partial charge in [0.15, 0.2) is 0 Å². The number of aromatic nitrogens is 1. The molecule has 1 N–H and O–H groups in total. The minimum absolute atomic E-state index is 0.135. The molecule has 156 valence electrons. The van der Waals surface area contributed by atoms with E-state index in [9.17, 15) is 14.9 Å². The van der Waals surface area contributed by atoms with Crippen LogP contribution in [0.5, 0.6) is 0 Å². The van der Waals surface area contributed by atoms with Gasteiger partial charge in [-0.1, -0.05) is 44.5 Å². The molecule has 0 radical (unpaired) electrons. The third kappa shape index (κ3) is 6.02. The summed E-state index contributed by atoms with van der Waals surface area (Å²) in [5, 5.41) is 12.2. The summed E-state index contributed by atoms with van der Waals surface area (Å²) >= 11 is 0. The molecular weight excluding hydrogens is 378 g/mol. The Morgan fingerprint density at radius 2 is 1.93 bits per heavy atom. The number of allylic oxidation sites excluding steroid dienone is 1. The minimum Gasteiger partial charge on any atom is -0.466 e. The Morgan fingerprint density at radius 1 is 1.17 bits per heavy atom. The van der Waals surface area contributed by atoms with Gasteiger partial charge in [-0.05, 0) is 30.5 Å². The van der Waals surface area contributed by atoms with Crippen molar-refractivity contribution in [2.45, 2.75) is 46.0 Å². The van der Waals surface area contributed by atoms with Gasteiger partial charge in [0.05, 0.1) is 30.0 Å². The van der Waals surface area contributed by atoms with E-state index in [-0.39, 0.29) is 5.91 Å². The Labute approximate surface area is 177 Å². The van der Waals surface area contributed by atoms with Crippen molar-refractivity contribution in [1.29, 1.82) is 5.26 Å². The van der Waals surface area contributed by atoms with E-state index in [0.717, 1.165) is 24.0 Å². The molecule has 0 spiro atoms. The molecule has 1 amide bonds. The van der Waals surface area contributed by atoms with Gasteiger partial charge in [0, 0.05) is 30.3 Å². The highest BCUT2D eigenvalue weighted by Gasteiger charge is 2.18. The van der Waals surface area contributed by atoms with Crippen molar-refractivity contribution in [3.63, 3.8) is 0 Å². The summed E-state index contributed by atoms with van der Waals surface area (Å²) in [6.45, 7) is 3.82. The van der Waals surface area contributed by atoms with Crippen LogP contribution >= 0.6 is 0 Å². The molecule has 2 rings (SSSR count). The van der Waals surface area contributed by atoms with E-state index in [2.05, 4.69) is 23.3 Å². The van der Waals surface area contributed by atoms with Crippen LogP contribution in [0.25, 0.3) is 11.3 Å². The molecular formula is C24H27N3O3. The van der Waals surface area contributed by atoms with Gasteiger partial charge in [-0.2, -0.15) is 5.26 Å². The topological polar surface area (TPSA) is 92.1 Å². The largest absolute Gasteiger partial charge is 0.466 e. The molecule has 0 saturated carbocycles. The highest BCUT2D eigenvalue weighted by atomic mass is 16.5. The van der Waals surface area contributed by atoms with Crippen LogP contribution in [-0.4, -0.2) is 24.0 Å². The van der Waals surface area contributed by atoms with Crippen LogP contribution in [0.1, 0.15) is 50.7 Å². The number of unbranched alkanes of at least 4 members (excludes halogenated alkanes) is 1. The number of rotatable bonds is 9. The van der Waals surface area contributed by atoms with Gasteiger partial charge in [-0.3, -0.25) is 9.78 Å². The van der Waals surface area contributed by atoms with Gasteiger partial charge in [0.1, 0.15) is 0 Å². The lowest BCUT2D eigenvalue weighted by Crippen LogP contribution is -2.26. The number of methoxy groups -OCH3 is 1. The second kappa shape index (κ2) is 11.5. The molecule has 0 aliphatic rings. The Hall–Kier alpha value is -3.46. The number of hydrogen-bond acceptors (Lipinski definition) is 5. The zero-order chi connectivity index (χ0) is 21.9. The third-order valence-electron chi connectivity index (χ3n) is 4.72. The van der Waals surface area contributed by atoms with Crippen molar-refractivity contribution in [1.82, 2.24) is 10.3 Å². The Bertz CT molecular complexity index is 956. The van der Waals surface area contributed by atoms with Crippen molar-refractivity contribution >= 4 is 11.9 Å². The van der Waals surface area contributed by atoms with Gasteiger partial charge in [0.2, 0.25) is 5.91 Å². The molecule has 0 bridgehead atoms. The molecule has 0 aliphatic heterocycles. The molecule has 0 fully saturated rings. The number of ether oxygens (including phenoxy) is 1. The lowest BCUT2D eigenvalue weighted by Gasteiger charge is -2.15. The van der Waals surface area contributed by atoms with E-state index >= 15 is 0 Å². The summed E-state index contributed by atoms with van der Waals surface area (Å²) in [6.07, 6.45) is 4.69. The average Bonchev–Trinajstić information content (AvgIpc) is 2.80. The number of hydrogen-bond donors (Lipinski definition) is 1. The molecule has 6 nitrogen and oxygen atoms in total. The number of nitriles is 1. The SMILES string of the molecule is CCCC/C(NC(=O)CC)=C(\Cc1ccc(-c2ccccc2C#N)nc1)C(=O)OC. The van der Waals surface area contributed by atoms with Crippen LogP contribution in [0.4, 0.5) is 0 Å². The van der Waals surface area contributed by atoms with E-state index in [0.29, 0.717) is 41.8 Å². The number of carbonyl (C=O) groups excluding carboxylic acids is 2. The molecule has 1 aromatic carbocycles. The number of pyridine rings is 1. The van der Waals surface area contributed by atoms with Crippen LogP contribution in [0.3, 0.4) is 0 Å². The molecule has 1 heterocycles. The number of amides is 1. The van der Waals surface area contributed by atoms with E-state index < -0.39 is 5.97 Å². The molecule has 0 atom stereocenters. The zero-order valence-electron chi connectivity index (χ0n) is 17.7. The molecule has 0 aliphatic carbocycles. The smallest absolute Gasteiger partial charge is 0.335 e. The summed E-state index contributed by atoms with van der Waals surface area (Å²) in [4.78, 5) is 28.9. The Kier molecular flexibility index (Phi) is 8.76. The second-order valence-electron chi connectivity index (χ2n) is 6.84. The normalized spacial score (nSPS) is 11.3. The first-order valence-electron chi connectivity index (χ1n) is 10.1. The second-order valence-corrected chi connectivity index (χ2v) is 6.84. The summed E-state index contributed by atoms with van der Waals surface area (Å²) in [5.41, 5.74) is 3.85. The van der Waals surface area contributed by atoms with Gasteiger partial charge in [-0.25, -0.2) is 4.79 Å². The van der Waals surface area contributed by atoms with E-state index in [1.54, 1.807) is 19.2 Å². The maximum Gasteiger partial charge on any atom is 0.335 e. The van der Waals surface area contributed by atoms with Crippen LogP contribution in [-0.2, 0) is 20.7 Å². The van der Waals surface area contributed by atoms with Crippen LogP contribution in [0.2, 0.25) is 0 Å². The maximum atomic E-state index is 12.5. The van der Waals surface area contributed by atoms with Gasteiger partial charge < -0.3 is 10.1 Å². The predicted octanol–water partition coefficient (Wildman–Crippen LogP) is 4.31. The van der Waals surface area contributed by atoms with Crippen LogP contribution in [0, 0.1) is 11.3 Å². The summed E-state index contributed by atoms with van der Waals surface area (Å²) < 4.78 is 4.98. The average molecular weight is 405 g/mol. The number of nitrogens with one attached hydrogen (secondary N) is 1. The summed E-state index contributed by atoms with van der Waals surface area (Å²) in [5.74, 6) is -0.597. The number of nitrogens with zero attached hydrogens (tertiary/aromatic N) is 2. The van der Waals surface area contributed by atoms with E-state index in [1.165, 1.54) is 7.11 Å². The predicted molar refractivity (Wildman–Crippen MR) is 115 cm³/mol. The van der Waals surface area contributed by atoms with Gasteiger partial charge in [-0.15, -0.1) is 0 Å². The standard InChI is InChI=1S/C24H27N3O3/c1-4-6-11-22(27-23(28)5-2)20(24(29)30-3)14-17-12-13-21(26-16-17)19-10-8-7-9-18(19)15-25/h7-10,12-13,16H,4-6,11,14H2,1-3H3,(H,27,28)/b22-20-. The quantitative estimate of drug-likeness (QED) is 0.496. The van der Waals surface area contributed by atoms with Crippen molar-refractivity contribution in [2.75, 3.05) is 7.11 Å². The van der Waals surface area contributed by atoms with Crippen molar-refractivity contribution < 1.29 is 14.3 Å². The lowest BCUT2D eigenvalue weighted by atomic mass is 10.00. The first-order valence-corrected chi connectivity index (χ1v) is 10.1. The number of benzene rings is 1. The fourth-order valence-corrected chi connectivity index (χ4v) is 3.02. The molecule has 6 heteroatoms. The Balaban J connectivity index is 2.36. The maximum absolute atomic E-state index is 12.5. The fourth-order valence-electron chi connectivity index (χ4n) is 3.02. The monoisotopic (exact) mass is 405 g/mol. The molecule has 1 aromatic heterocycles. The van der Waals surface area contributed by atoms with E-state index in [4.69, 9.17) is 4.74 Å². The lowest BCUT2D eigenvalue weighted by molar-refractivity contribution is -0.136. The highest BCUT2D eigenvalue weighted by molar-refractivity contribution is 5.91. The minimum atomic E-state index is -0.462. The van der Waals surface area contributed by atoms with Gasteiger partial charge >= 0.3 is 5.97 Å². The number of esters is 1. The summed E-state index contributed by atoms with van der Waals surface area (Å²) in [7, 11) is 1.33. The van der Waals surface area contributed by atoms with Crippen molar-refractivity contribution in [3.8, 4) is 17.3 Å². The first-order chi connectivity index (χ1) is 14.5. The van der Waals surface area contributed by atoms with Gasteiger partial charge in [0.25, 0.3) is 0 Å². The Morgan fingerprint density at radius 3 is 2.53 bits per heavy atom. The molecule has 2 aromatic rings. The van der Waals surface area contributed by atoms with Crippen LogP contribution < -0.4 is 5.32 Å². The zero-order valence-corrected chi connectivity index (χ0v) is 17.7. The molecule has 30 heavy (non-hydrogen) atoms. The first kappa shape index (κ1) is 22.8.